The van der Waals surface area contributed by atoms with E-state index >= 15 is 0 Å². The van der Waals surface area contributed by atoms with Gasteiger partial charge in [-0.1, -0.05) is 5.16 Å². The number of rotatable bonds is 7. The molecule has 144 valence electrons. The van der Waals surface area contributed by atoms with Crippen LogP contribution in [0.2, 0.25) is 0 Å². The standard InChI is InChI=1S/C19H18N4O5/c1-12(19-22-17(23-28-19)14-4-3-9-20-10-14)27-16(24)11-21-18(25)13-5-7-15(26-2)8-6-13/h3-10,12H,11H2,1-2H3,(H,21,25). The largest absolute Gasteiger partial charge is 0.497 e. The molecule has 3 rings (SSSR count). The van der Waals surface area contributed by atoms with Crippen molar-refractivity contribution in [3.63, 3.8) is 0 Å². The number of esters is 1. The van der Waals surface area contributed by atoms with E-state index in [4.69, 9.17) is 14.0 Å². The molecule has 1 atom stereocenters. The van der Waals surface area contributed by atoms with Crippen molar-refractivity contribution in [3.8, 4) is 17.1 Å². The van der Waals surface area contributed by atoms with Crippen LogP contribution in [-0.4, -0.2) is 40.7 Å². The number of carbonyl (C=O) groups excluding carboxylic acids is 2. The molecule has 0 aliphatic carbocycles. The van der Waals surface area contributed by atoms with Gasteiger partial charge in [0.15, 0.2) is 6.10 Å². The van der Waals surface area contributed by atoms with Crippen molar-refractivity contribution in [2.75, 3.05) is 13.7 Å². The van der Waals surface area contributed by atoms with Gasteiger partial charge in [0.1, 0.15) is 12.3 Å². The Bertz CT molecular complexity index is 940. The van der Waals surface area contributed by atoms with Crippen molar-refractivity contribution in [2.24, 2.45) is 0 Å². The number of benzene rings is 1. The number of aromatic nitrogens is 3. The van der Waals surface area contributed by atoms with E-state index in [1.165, 1.54) is 7.11 Å². The summed E-state index contributed by atoms with van der Waals surface area (Å²) in [6.45, 7) is 1.31. The first kappa shape index (κ1) is 19.0. The molecular formula is C19H18N4O5. The van der Waals surface area contributed by atoms with Crippen molar-refractivity contribution in [1.29, 1.82) is 0 Å². The summed E-state index contributed by atoms with van der Waals surface area (Å²) in [4.78, 5) is 32.2. The zero-order valence-electron chi connectivity index (χ0n) is 15.3. The van der Waals surface area contributed by atoms with Gasteiger partial charge in [0, 0.05) is 23.5 Å². The van der Waals surface area contributed by atoms with Crippen molar-refractivity contribution in [1.82, 2.24) is 20.4 Å². The topological polar surface area (TPSA) is 116 Å². The molecule has 2 heterocycles. The maximum absolute atomic E-state index is 12.1. The van der Waals surface area contributed by atoms with Crippen LogP contribution in [0.15, 0.2) is 53.3 Å². The molecule has 0 fully saturated rings. The van der Waals surface area contributed by atoms with E-state index in [-0.39, 0.29) is 12.4 Å². The van der Waals surface area contributed by atoms with Crippen LogP contribution in [0.3, 0.4) is 0 Å². The molecular weight excluding hydrogens is 364 g/mol. The molecule has 28 heavy (non-hydrogen) atoms. The Labute approximate surface area is 160 Å². The number of hydrogen-bond acceptors (Lipinski definition) is 8. The lowest BCUT2D eigenvalue weighted by atomic mass is 10.2. The number of nitrogens with zero attached hydrogens (tertiary/aromatic N) is 3. The Morgan fingerprint density at radius 3 is 2.68 bits per heavy atom. The van der Waals surface area contributed by atoms with Gasteiger partial charge in [-0.25, -0.2) is 0 Å². The highest BCUT2D eigenvalue weighted by Gasteiger charge is 2.20. The number of nitrogens with one attached hydrogen (secondary N) is 1. The first-order valence-electron chi connectivity index (χ1n) is 8.42. The highest BCUT2D eigenvalue weighted by atomic mass is 16.6. The molecule has 1 aromatic carbocycles. The predicted octanol–water partition coefficient (Wildman–Crippen LogP) is 2.17. The van der Waals surface area contributed by atoms with Crippen LogP contribution in [-0.2, 0) is 9.53 Å². The molecule has 2 aromatic heterocycles. The number of methoxy groups -OCH3 is 1. The third-order valence-electron chi connectivity index (χ3n) is 3.76. The van der Waals surface area contributed by atoms with E-state index in [1.807, 2.05) is 0 Å². The zero-order valence-corrected chi connectivity index (χ0v) is 15.3. The fourth-order valence-electron chi connectivity index (χ4n) is 2.30. The molecule has 9 nitrogen and oxygen atoms in total. The molecule has 3 aromatic rings. The smallest absolute Gasteiger partial charge is 0.326 e. The summed E-state index contributed by atoms with van der Waals surface area (Å²) >= 11 is 0. The molecule has 1 unspecified atom stereocenters. The molecule has 0 saturated carbocycles. The van der Waals surface area contributed by atoms with Crippen molar-refractivity contribution in [2.45, 2.75) is 13.0 Å². The summed E-state index contributed by atoms with van der Waals surface area (Å²) < 4.78 is 15.4. The van der Waals surface area contributed by atoms with Gasteiger partial charge >= 0.3 is 5.97 Å². The number of hydrogen-bond donors (Lipinski definition) is 1. The molecule has 0 aliphatic heterocycles. The molecule has 0 bridgehead atoms. The van der Waals surface area contributed by atoms with Crippen LogP contribution in [0.5, 0.6) is 5.75 Å². The molecule has 0 aliphatic rings. The Morgan fingerprint density at radius 2 is 2.00 bits per heavy atom. The third kappa shape index (κ3) is 4.70. The summed E-state index contributed by atoms with van der Waals surface area (Å²) in [7, 11) is 1.54. The van der Waals surface area contributed by atoms with Crippen LogP contribution >= 0.6 is 0 Å². The second-order valence-corrected chi connectivity index (χ2v) is 5.74. The highest BCUT2D eigenvalue weighted by molar-refractivity contribution is 5.96. The SMILES string of the molecule is COc1ccc(C(=O)NCC(=O)OC(C)c2nc(-c3cccnc3)no2)cc1. The van der Waals surface area contributed by atoms with Crippen molar-refractivity contribution < 1.29 is 23.6 Å². The Balaban J connectivity index is 1.51. The van der Waals surface area contributed by atoms with Gasteiger partial charge in [-0.2, -0.15) is 4.98 Å². The average Bonchev–Trinajstić information content (AvgIpc) is 3.23. The van der Waals surface area contributed by atoms with Gasteiger partial charge in [-0.3, -0.25) is 14.6 Å². The maximum Gasteiger partial charge on any atom is 0.326 e. The Morgan fingerprint density at radius 1 is 1.21 bits per heavy atom. The van der Waals surface area contributed by atoms with E-state index in [0.717, 1.165) is 0 Å². The molecule has 0 spiro atoms. The van der Waals surface area contributed by atoms with Crippen LogP contribution < -0.4 is 10.1 Å². The Kier molecular flexibility index (Phi) is 5.95. The Hall–Kier alpha value is -3.75. The van der Waals surface area contributed by atoms with Gasteiger partial charge in [0.25, 0.3) is 11.8 Å². The molecule has 0 radical (unpaired) electrons. The summed E-state index contributed by atoms with van der Waals surface area (Å²) in [6, 6.07) is 10.0. The molecule has 1 N–H and O–H groups in total. The third-order valence-corrected chi connectivity index (χ3v) is 3.76. The van der Waals surface area contributed by atoms with E-state index in [9.17, 15) is 9.59 Å². The molecule has 1 amide bonds. The van der Waals surface area contributed by atoms with Gasteiger partial charge in [-0.05, 0) is 43.3 Å². The second kappa shape index (κ2) is 8.76. The second-order valence-electron chi connectivity index (χ2n) is 5.74. The minimum Gasteiger partial charge on any atom is -0.497 e. The maximum atomic E-state index is 12.1. The monoisotopic (exact) mass is 382 g/mol. The summed E-state index contributed by atoms with van der Waals surface area (Å²) in [5, 5.41) is 6.34. The number of amides is 1. The fraction of sp³-hybridized carbons (Fsp3) is 0.211. The van der Waals surface area contributed by atoms with Gasteiger partial charge in [0.05, 0.1) is 7.11 Å². The van der Waals surface area contributed by atoms with Crippen LogP contribution in [0, 0.1) is 0 Å². The summed E-state index contributed by atoms with van der Waals surface area (Å²) in [5.41, 5.74) is 1.09. The minimum absolute atomic E-state index is 0.147. The lowest BCUT2D eigenvalue weighted by Gasteiger charge is -2.10. The first-order chi connectivity index (χ1) is 13.6. The van der Waals surface area contributed by atoms with E-state index in [1.54, 1.807) is 55.7 Å². The van der Waals surface area contributed by atoms with Crippen LogP contribution in [0.1, 0.15) is 29.3 Å². The van der Waals surface area contributed by atoms with E-state index in [0.29, 0.717) is 22.7 Å². The quantitative estimate of drug-likeness (QED) is 0.618. The van der Waals surface area contributed by atoms with Crippen molar-refractivity contribution in [3.05, 3.63) is 60.2 Å². The lowest BCUT2D eigenvalue weighted by Crippen LogP contribution is -2.31. The number of pyridine rings is 1. The first-order valence-corrected chi connectivity index (χ1v) is 8.42. The zero-order chi connectivity index (χ0) is 19.9. The lowest BCUT2D eigenvalue weighted by molar-refractivity contribution is -0.148. The van der Waals surface area contributed by atoms with E-state index < -0.39 is 18.0 Å². The van der Waals surface area contributed by atoms with Gasteiger partial charge < -0.3 is 19.3 Å². The van der Waals surface area contributed by atoms with E-state index in [2.05, 4.69) is 20.4 Å². The summed E-state index contributed by atoms with van der Waals surface area (Å²) in [5.74, 6) is 0.0990. The van der Waals surface area contributed by atoms with Crippen LogP contribution in [0.4, 0.5) is 0 Å². The number of ether oxygens (including phenoxy) is 2. The number of carbonyl (C=O) groups is 2. The molecule has 0 saturated heterocycles. The predicted molar refractivity (Wildman–Crippen MR) is 97.4 cm³/mol. The average molecular weight is 382 g/mol. The fourth-order valence-corrected chi connectivity index (χ4v) is 2.30. The minimum atomic E-state index is -0.761. The van der Waals surface area contributed by atoms with Crippen molar-refractivity contribution >= 4 is 11.9 Å². The van der Waals surface area contributed by atoms with Gasteiger partial charge in [-0.15, -0.1) is 0 Å². The van der Waals surface area contributed by atoms with Crippen LogP contribution in [0.25, 0.3) is 11.4 Å². The highest BCUT2D eigenvalue weighted by Crippen LogP contribution is 2.19. The molecule has 9 heteroatoms. The summed E-state index contributed by atoms with van der Waals surface area (Å²) in [6.07, 6.45) is 2.47. The normalized spacial score (nSPS) is 11.5. The van der Waals surface area contributed by atoms with Gasteiger partial charge in [0.2, 0.25) is 5.82 Å².